The Bertz CT molecular complexity index is 556. The summed E-state index contributed by atoms with van der Waals surface area (Å²) in [5.41, 5.74) is 1.81. The molecule has 1 atom stereocenters. The number of carbonyl (C=O) groups excluding carboxylic acids is 1. The zero-order chi connectivity index (χ0) is 17.6. The van der Waals surface area contributed by atoms with Gasteiger partial charge in [-0.2, -0.15) is 5.10 Å². The Morgan fingerprint density at radius 2 is 2.24 bits per heavy atom. The molecule has 25 heavy (non-hydrogen) atoms. The van der Waals surface area contributed by atoms with E-state index in [4.69, 9.17) is 9.47 Å². The lowest BCUT2D eigenvalue weighted by Crippen LogP contribution is -2.48. The molecule has 1 aromatic heterocycles. The molecule has 2 aliphatic heterocycles. The number of nitrogens with zero attached hydrogens (tertiary/aromatic N) is 3. The number of ether oxygens (including phenoxy) is 2. The summed E-state index contributed by atoms with van der Waals surface area (Å²) in [4.78, 5) is 17.2. The molecule has 2 aliphatic rings. The van der Waals surface area contributed by atoms with E-state index in [9.17, 15) is 4.79 Å². The van der Waals surface area contributed by atoms with Crippen molar-refractivity contribution in [3.63, 3.8) is 0 Å². The fourth-order valence-corrected chi connectivity index (χ4v) is 3.95. The highest BCUT2D eigenvalue weighted by Crippen LogP contribution is 2.24. The van der Waals surface area contributed by atoms with E-state index < -0.39 is 0 Å². The number of aromatic amines is 1. The van der Waals surface area contributed by atoms with Crippen LogP contribution in [-0.4, -0.2) is 72.4 Å². The monoisotopic (exact) mass is 350 g/mol. The van der Waals surface area contributed by atoms with Crippen LogP contribution in [0.4, 0.5) is 0 Å². The zero-order valence-corrected chi connectivity index (χ0v) is 15.4. The first-order valence-corrected chi connectivity index (χ1v) is 9.26. The second-order valence-corrected chi connectivity index (χ2v) is 7.19. The van der Waals surface area contributed by atoms with Gasteiger partial charge in [0.2, 0.25) is 5.91 Å². The molecule has 140 valence electrons. The topological polar surface area (TPSA) is 70.7 Å². The summed E-state index contributed by atoms with van der Waals surface area (Å²) in [6.45, 7) is 4.73. The number of H-pyrrole nitrogens is 1. The lowest BCUT2D eigenvalue weighted by molar-refractivity contribution is -0.137. The maximum absolute atomic E-state index is 12.9. The fraction of sp³-hybridized carbons (Fsp3) is 0.778. The van der Waals surface area contributed by atoms with Gasteiger partial charge in [-0.05, 0) is 38.3 Å². The first-order valence-electron chi connectivity index (χ1n) is 9.26. The highest BCUT2D eigenvalue weighted by atomic mass is 16.5. The second kappa shape index (κ2) is 8.78. The Morgan fingerprint density at radius 1 is 1.44 bits per heavy atom. The lowest BCUT2D eigenvalue weighted by Gasteiger charge is -2.40. The molecule has 7 nitrogen and oxygen atoms in total. The van der Waals surface area contributed by atoms with Crippen LogP contribution < -0.4 is 0 Å². The summed E-state index contributed by atoms with van der Waals surface area (Å²) in [5.74, 6) is 0.336. The second-order valence-electron chi connectivity index (χ2n) is 7.19. The van der Waals surface area contributed by atoms with Crippen molar-refractivity contribution < 1.29 is 14.3 Å². The van der Waals surface area contributed by atoms with E-state index in [0.717, 1.165) is 63.4 Å². The summed E-state index contributed by atoms with van der Waals surface area (Å²) in [7, 11) is 3.53. The molecule has 0 spiro atoms. The Labute approximate surface area is 149 Å². The van der Waals surface area contributed by atoms with Crippen LogP contribution in [0.15, 0.2) is 6.07 Å². The van der Waals surface area contributed by atoms with Crippen molar-refractivity contribution in [3.8, 4) is 0 Å². The number of hydrogen-bond donors (Lipinski definition) is 1. The van der Waals surface area contributed by atoms with Crippen LogP contribution in [0.3, 0.4) is 0 Å². The molecule has 1 N–H and O–H groups in total. The van der Waals surface area contributed by atoms with Crippen LogP contribution in [0.2, 0.25) is 0 Å². The Kier molecular flexibility index (Phi) is 6.45. The molecular formula is C18H30N4O3. The summed E-state index contributed by atoms with van der Waals surface area (Å²) in [6, 6.07) is 2.54. The van der Waals surface area contributed by atoms with Gasteiger partial charge >= 0.3 is 0 Å². The minimum Gasteiger partial charge on any atom is -0.381 e. The predicted octanol–water partition coefficient (Wildman–Crippen LogP) is 1.41. The zero-order valence-electron chi connectivity index (χ0n) is 15.4. The molecule has 0 saturated carbocycles. The molecule has 2 saturated heterocycles. The Balaban J connectivity index is 1.53. The van der Waals surface area contributed by atoms with Crippen molar-refractivity contribution in [1.82, 2.24) is 20.0 Å². The van der Waals surface area contributed by atoms with Crippen molar-refractivity contribution in [2.24, 2.45) is 5.92 Å². The van der Waals surface area contributed by atoms with E-state index in [1.54, 1.807) is 7.11 Å². The molecular weight excluding hydrogens is 320 g/mol. The standard InChI is InChI=1S/C18H30N4O3/c1-21(12-15-10-16(13-24-2)20-19-15)18(23)14-4-3-7-22(11-14)17-5-8-25-9-6-17/h10,14,17H,3-9,11-13H2,1-2H3,(H,19,20)/t14-/m0/s1. The van der Waals surface area contributed by atoms with Crippen molar-refractivity contribution in [2.45, 2.75) is 44.9 Å². The van der Waals surface area contributed by atoms with Crippen molar-refractivity contribution >= 4 is 5.91 Å². The van der Waals surface area contributed by atoms with Gasteiger partial charge in [0.05, 0.1) is 30.5 Å². The average molecular weight is 350 g/mol. The highest BCUT2D eigenvalue weighted by Gasteiger charge is 2.32. The van der Waals surface area contributed by atoms with E-state index in [2.05, 4.69) is 15.1 Å². The highest BCUT2D eigenvalue weighted by molar-refractivity contribution is 5.78. The fourth-order valence-electron chi connectivity index (χ4n) is 3.95. The largest absolute Gasteiger partial charge is 0.381 e. The van der Waals surface area contributed by atoms with Gasteiger partial charge in [-0.15, -0.1) is 0 Å². The van der Waals surface area contributed by atoms with Crippen molar-refractivity contribution in [3.05, 3.63) is 17.5 Å². The summed E-state index contributed by atoms with van der Waals surface area (Å²) in [5, 5.41) is 7.19. The third kappa shape index (κ3) is 4.80. The van der Waals surface area contributed by atoms with Gasteiger partial charge < -0.3 is 14.4 Å². The first kappa shape index (κ1) is 18.4. The summed E-state index contributed by atoms with van der Waals surface area (Å²) >= 11 is 0. The number of likely N-dealkylation sites (tertiary alicyclic amines) is 1. The van der Waals surface area contributed by atoms with Crippen LogP contribution in [-0.2, 0) is 27.4 Å². The third-order valence-electron chi connectivity index (χ3n) is 5.27. The van der Waals surface area contributed by atoms with E-state index in [0.29, 0.717) is 19.2 Å². The number of amides is 1. The molecule has 0 aromatic carbocycles. The number of methoxy groups -OCH3 is 1. The van der Waals surface area contributed by atoms with Crippen LogP contribution in [0.5, 0.6) is 0 Å². The predicted molar refractivity (Wildman–Crippen MR) is 93.9 cm³/mol. The van der Waals surface area contributed by atoms with Crippen LogP contribution in [0, 0.1) is 5.92 Å². The van der Waals surface area contributed by atoms with E-state index in [1.807, 2.05) is 18.0 Å². The van der Waals surface area contributed by atoms with Crippen LogP contribution in [0.1, 0.15) is 37.1 Å². The molecule has 2 fully saturated rings. The molecule has 7 heteroatoms. The molecule has 3 heterocycles. The SMILES string of the molecule is COCc1cc(CN(C)C(=O)[C@H]2CCCN(C3CCOCC3)C2)[nH]n1. The van der Waals surface area contributed by atoms with Crippen molar-refractivity contribution in [2.75, 3.05) is 40.5 Å². The number of piperidine rings is 1. The molecule has 0 bridgehead atoms. The average Bonchev–Trinajstić information content (AvgIpc) is 3.09. The van der Waals surface area contributed by atoms with Gasteiger partial charge in [-0.3, -0.25) is 14.8 Å². The third-order valence-corrected chi connectivity index (χ3v) is 5.27. The lowest BCUT2D eigenvalue weighted by atomic mass is 9.93. The molecule has 0 aliphatic carbocycles. The number of carbonyl (C=O) groups is 1. The first-order chi connectivity index (χ1) is 12.2. The molecule has 1 aromatic rings. The van der Waals surface area contributed by atoms with E-state index in [-0.39, 0.29) is 11.8 Å². The quantitative estimate of drug-likeness (QED) is 0.840. The number of hydrogen-bond acceptors (Lipinski definition) is 5. The number of rotatable bonds is 6. The van der Waals surface area contributed by atoms with E-state index in [1.165, 1.54) is 0 Å². The molecule has 1 amide bonds. The minimum absolute atomic E-state index is 0.1000. The van der Waals surface area contributed by atoms with E-state index >= 15 is 0 Å². The summed E-state index contributed by atoms with van der Waals surface area (Å²) in [6.07, 6.45) is 4.27. The van der Waals surface area contributed by atoms with Gasteiger partial charge in [0.1, 0.15) is 0 Å². The van der Waals surface area contributed by atoms with Gasteiger partial charge in [0.25, 0.3) is 0 Å². The Hall–Kier alpha value is -1.44. The molecule has 0 radical (unpaired) electrons. The van der Waals surface area contributed by atoms with Gasteiger partial charge in [0.15, 0.2) is 0 Å². The Morgan fingerprint density at radius 3 is 3.00 bits per heavy atom. The summed E-state index contributed by atoms with van der Waals surface area (Å²) < 4.78 is 10.5. The maximum atomic E-state index is 12.9. The minimum atomic E-state index is 0.1000. The number of aromatic nitrogens is 2. The van der Waals surface area contributed by atoms with Crippen molar-refractivity contribution in [1.29, 1.82) is 0 Å². The van der Waals surface area contributed by atoms with Gasteiger partial charge in [0, 0.05) is 40.0 Å². The van der Waals surface area contributed by atoms with Crippen LogP contribution >= 0.6 is 0 Å². The smallest absolute Gasteiger partial charge is 0.227 e. The molecule has 0 unspecified atom stereocenters. The maximum Gasteiger partial charge on any atom is 0.227 e. The van der Waals surface area contributed by atoms with Crippen LogP contribution in [0.25, 0.3) is 0 Å². The normalized spacial score (nSPS) is 22.9. The molecule has 3 rings (SSSR count). The van der Waals surface area contributed by atoms with Gasteiger partial charge in [-0.25, -0.2) is 0 Å². The number of nitrogens with one attached hydrogen (secondary N) is 1. The van der Waals surface area contributed by atoms with Gasteiger partial charge in [-0.1, -0.05) is 0 Å².